The molecule has 0 radical (unpaired) electrons. The van der Waals surface area contributed by atoms with Gasteiger partial charge in [-0.15, -0.1) is 0 Å². The van der Waals surface area contributed by atoms with Gasteiger partial charge in [0.05, 0.1) is 34.8 Å². The molecule has 0 N–H and O–H groups in total. The first-order valence-corrected chi connectivity index (χ1v) is 11.7. The number of ether oxygens (including phenoxy) is 2. The zero-order valence-corrected chi connectivity index (χ0v) is 18.6. The molecule has 3 aromatic rings. The van der Waals surface area contributed by atoms with Crippen LogP contribution in [0.1, 0.15) is 25.7 Å². The van der Waals surface area contributed by atoms with E-state index >= 15 is 0 Å². The van der Waals surface area contributed by atoms with Gasteiger partial charge < -0.3 is 14.4 Å². The molecule has 0 saturated carbocycles. The van der Waals surface area contributed by atoms with Crippen LogP contribution in [0.2, 0.25) is 5.15 Å². The summed E-state index contributed by atoms with van der Waals surface area (Å²) in [6, 6.07) is 4.03. The molecule has 0 amide bonds. The van der Waals surface area contributed by atoms with Crippen molar-refractivity contribution < 1.29 is 13.9 Å². The van der Waals surface area contributed by atoms with Crippen LogP contribution in [0.4, 0.5) is 10.2 Å². The molecule has 3 fully saturated rings. The van der Waals surface area contributed by atoms with Gasteiger partial charge in [0.25, 0.3) is 0 Å². The van der Waals surface area contributed by atoms with Crippen LogP contribution in [0.15, 0.2) is 18.3 Å². The second-order valence-electron chi connectivity index (χ2n) is 9.00. The van der Waals surface area contributed by atoms with Crippen LogP contribution in [0.25, 0.3) is 16.4 Å². The molecule has 6 rings (SSSR count). The average molecular weight is 461 g/mol. The molecule has 6 heterocycles. The molecule has 3 saturated heterocycles. The number of pyridine rings is 1. The van der Waals surface area contributed by atoms with Crippen LogP contribution in [0.5, 0.6) is 6.01 Å². The lowest BCUT2D eigenvalue weighted by Gasteiger charge is -2.31. The Morgan fingerprint density at radius 3 is 3.09 bits per heavy atom. The number of halogens is 2. The van der Waals surface area contributed by atoms with Crippen molar-refractivity contribution in [2.24, 2.45) is 0 Å². The Bertz CT molecular complexity index is 1150. The summed E-state index contributed by atoms with van der Waals surface area (Å²) in [6.07, 6.45) is 4.38. The van der Waals surface area contributed by atoms with Crippen molar-refractivity contribution in [2.75, 3.05) is 50.9 Å². The van der Waals surface area contributed by atoms with E-state index in [1.807, 2.05) is 6.07 Å². The fourth-order valence-corrected chi connectivity index (χ4v) is 5.77. The topological polar surface area (TPSA) is 68.0 Å². The van der Waals surface area contributed by atoms with Gasteiger partial charge in [-0.25, -0.2) is 8.91 Å². The molecule has 0 unspecified atom stereocenters. The van der Waals surface area contributed by atoms with Gasteiger partial charge in [-0.2, -0.15) is 15.1 Å². The zero-order chi connectivity index (χ0) is 21.7. The van der Waals surface area contributed by atoms with Crippen LogP contribution in [0.3, 0.4) is 0 Å². The van der Waals surface area contributed by atoms with Crippen molar-refractivity contribution >= 4 is 33.8 Å². The number of aromatic nitrogens is 4. The van der Waals surface area contributed by atoms with Crippen molar-refractivity contribution in [3.8, 4) is 6.01 Å². The second-order valence-corrected chi connectivity index (χ2v) is 9.39. The van der Waals surface area contributed by atoms with Crippen molar-refractivity contribution in [2.45, 2.75) is 37.4 Å². The van der Waals surface area contributed by atoms with Gasteiger partial charge in [0.15, 0.2) is 0 Å². The molecule has 3 aromatic heterocycles. The first-order chi connectivity index (χ1) is 15.6. The summed E-state index contributed by atoms with van der Waals surface area (Å²) in [4.78, 5) is 14.0. The number of alkyl halides is 1. The monoisotopic (exact) mass is 460 g/mol. The van der Waals surface area contributed by atoms with E-state index in [4.69, 9.17) is 31.0 Å². The van der Waals surface area contributed by atoms with Gasteiger partial charge in [-0.1, -0.05) is 11.6 Å². The third-order valence-electron chi connectivity index (χ3n) is 7.01. The molecule has 0 aromatic carbocycles. The summed E-state index contributed by atoms with van der Waals surface area (Å²) in [6.45, 7) is 4.75. The lowest BCUT2D eigenvalue weighted by molar-refractivity contribution is 0.107. The minimum atomic E-state index is -0.793. The predicted octanol–water partition coefficient (Wildman–Crippen LogP) is 3.11. The van der Waals surface area contributed by atoms with Crippen molar-refractivity contribution in [1.29, 1.82) is 0 Å². The zero-order valence-electron chi connectivity index (χ0n) is 17.8. The van der Waals surface area contributed by atoms with E-state index < -0.39 is 6.17 Å². The Morgan fingerprint density at radius 2 is 2.16 bits per heavy atom. The molecular formula is C22H26ClFN6O2. The SMILES string of the molecule is F[C@H]1CN2CCC[C@@]2(COc2nc(N3CCCOCC3)c3c(cc(Cl)n4nccc34)n2)C1. The summed E-state index contributed by atoms with van der Waals surface area (Å²) in [5, 5.41) is 5.71. The number of rotatable bonds is 4. The van der Waals surface area contributed by atoms with E-state index in [1.165, 1.54) is 0 Å². The molecular weight excluding hydrogens is 435 g/mol. The Kier molecular flexibility index (Phi) is 5.07. The molecule has 0 spiro atoms. The van der Waals surface area contributed by atoms with Crippen LogP contribution >= 0.6 is 11.6 Å². The molecule has 2 atom stereocenters. The molecule has 10 heteroatoms. The van der Waals surface area contributed by atoms with Gasteiger partial charge >= 0.3 is 6.01 Å². The van der Waals surface area contributed by atoms with Crippen molar-refractivity contribution in [3.63, 3.8) is 0 Å². The maximum atomic E-state index is 14.2. The Balaban J connectivity index is 1.41. The summed E-state index contributed by atoms with van der Waals surface area (Å²) in [5.41, 5.74) is 1.32. The summed E-state index contributed by atoms with van der Waals surface area (Å²) in [7, 11) is 0. The van der Waals surface area contributed by atoms with Crippen LogP contribution in [-0.2, 0) is 4.74 Å². The van der Waals surface area contributed by atoms with Crippen molar-refractivity contribution in [3.05, 3.63) is 23.5 Å². The van der Waals surface area contributed by atoms with Gasteiger partial charge in [0, 0.05) is 38.7 Å². The minimum Gasteiger partial charge on any atom is -0.461 e. The van der Waals surface area contributed by atoms with Gasteiger partial charge in [-0.05, 0) is 31.9 Å². The fraction of sp³-hybridized carbons (Fsp3) is 0.591. The van der Waals surface area contributed by atoms with E-state index in [-0.39, 0.29) is 5.54 Å². The molecule has 0 bridgehead atoms. The van der Waals surface area contributed by atoms with Crippen molar-refractivity contribution in [1.82, 2.24) is 24.5 Å². The largest absolute Gasteiger partial charge is 0.461 e. The summed E-state index contributed by atoms with van der Waals surface area (Å²) in [5.74, 6) is 0.799. The second kappa shape index (κ2) is 7.97. The highest BCUT2D eigenvalue weighted by Crippen LogP contribution is 2.40. The van der Waals surface area contributed by atoms with E-state index in [0.717, 1.165) is 62.2 Å². The first-order valence-electron chi connectivity index (χ1n) is 11.3. The normalized spacial score (nSPS) is 26.7. The lowest BCUT2D eigenvalue weighted by atomic mass is 9.95. The van der Waals surface area contributed by atoms with E-state index in [0.29, 0.717) is 42.9 Å². The fourth-order valence-electron chi connectivity index (χ4n) is 5.53. The van der Waals surface area contributed by atoms with Gasteiger partial charge in [-0.3, -0.25) is 4.90 Å². The van der Waals surface area contributed by atoms with Crippen LogP contribution in [-0.4, -0.2) is 82.2 Å². The van der Waals surface area contributed by atoms with E-state index in [9.17, 15) is 4.39 Å². The Hall–Kier alpha value is -2.23. The van der Waals surface area contributed by atoms with Gasteiger partial charge in [0.1, 0.15) is 23.7 Å². The highest BCUT2D eigenvalue weighted by Gasteiger charge is 2.49. The number of fused-ring (bicyclic) bond motifs is 4. The summed E-state index contributed by atoms with van der Waals surface area (Å²) >= 11 is 6.48. The lowest BCUT2D eigenvalue weighted by Crippen LogP contribution is -2.43. The standard InChI is InChI=1S/C22H26ClFN6O2/c23-18-11-16-19(17-3-5-25-30(17)18)20(28-6-2-9-31-10-8-28)27-21(26-16)32-14-22-4-1-7-29(22)13-15(24)12-22/h3,5,11,15H,1-2,4,6-10,12-14H2/t15-,22+/m1/s1. The number of hydrogen-bond donors (Lipinski definition) is 0. The summed E-state index contributed by atoms with van der Waals surface area (Å²) < 4.78 is 27.7. The minimum absolute atomic E-state index is 0.249. The van der Waals surface area contributed by atoms with E-state index in [1.54, 1.807) is 16.8 Å². The molecule has 3 aliphatic heterocycles. The number of hydrogen-bond acceptors (Lipinski definition) is 7. The molecule has 8 nitrogen and oxygen atoms in total. The highest BCUT2D eigenvalue weighted by atomic mass is 35.5. The Morgan fingerprint density at radius 1 is 1.22 bits per heavy atom. The number of nitrogens with zero attached hydrogens (tertiary/aromatic N) is 6. The highest BCUT2D eigenvalue weighted by molar-refractivity contribution is 6.30. The van der Waals surface area contributed by atoms with Gasteiger partial charge in [0.2, 0.25) is 0 Å². The third-order valence-corrected chi connectivity index (χ3v) is 7.28. The maximum Gasteiger partial charge on any atom is 0.319 e. The molecule has 0 aliphatic carbocycles. The van der Waals surface area contributed by atoms with Crippen LogP contribution in [0, 0.1) is 0 Å². The molecule has 3 aliphatic rings. The first kappa shape index (κ1) is 20.4. The van der Waals surface area contributed by atoms with E-state index in [2.05, 4.69) is 14.9 Å². The number of anilines is 1. The molecule has 170 valence electrons. The Labute approximate surface area is 190 Å². The smallest absolute Gasteiger partial charge is 0.319 e. The quantitative estimate of drug-likeness (QED) is 0.554. The predicted molar refractivity (Wildman–Crippen MR) is 119 cm³/mol. The van der Waals surface area contributed by atoms with Crippen LogP contribution < -0.4 is 9.64 Å². The average Bonchev–Trinajstić information content (AvgIpc) is 3.41. The maximum absolute atomic E-state index is 14.2. The molecule has 32 heavy (non-hydrogen) atoms. The third kappa shape index (κ3) is 3.38.